The van der Waals surface area contributed by atoms with E-state index in [1.54, 1.807) is 21.1 Å². The Kier molecular flexibility index (Phi) is 5.38. The van der Waals surface area contributed by atoms with E-state index in [1.807, 2.05) is 4.68 Å². The number of benzene rings is 1. The first kappa shape index (κ1) is 17.3. The van der Waals surface area contributed by atoms with Gasteiger partial charge in [0.05, 0.1) is 13.1 Å². The molecule has 1 saturated heterocycles. The molecular weight excluding hydrogens is 344 g/mol. The van der Waals surface area contributed by atoms with Crippen molar-refractivity contribution in [1.82, 2.24) is 20.2 Å². The normalized spacial score (nSPS) is 21.6. The lowest BCUT2D eigenvalue weighted by Crippen LogP contribution is -3.28. The highest BCUT2D eigenvalue weighted by atomic mass is 32.1. The number of tetrazole rings is 1. The molecule has 4 rings (SSSR count). The number of hydrogen-bond acceptors (Lipinski definition) is 4. The van der Waals surface area contributed by atoms with Gasteiger partial charge >= 0.3 is 0 Å². The lowest BCUT2D eigenvalue weighted by Gasteiger charge is -2.33. The molecule has 136 valence electrons. The van der Waals surface area contributed by atoms with Gasteiger partial charge in [-0.1, -0.05) is 36.4 Å². The Morgan fingerprint density at radius 3 is 2.58 bits per heavy atom. The number of thiophene rings is 1. The second-order valence-corrected chi connectivity index (χ2v) is 7.91. The van der Waals surface area contributed by atoms with Gasteiger partial charge in [0.15, 0.2) is 6.04 Å². The number of quaternary nitrogens is 2. The number of likely N-dealkylation sites (N-methyl/N-ethyl adjacent to an activating group) is 1. The molecule has 1 aliphatic rings. The molecule has 7 heteroatoms. The lowest BCUT2D eigenvalue weighted by atomic mass is 10.0. The van der Waals surface area contributed by atoms with Gasteiger partial charge in [-0.3, -0.25) is 0 Å². The van der Waals surface area contributed by atoms with Gasteiger partial charge in [-0.2, -0.15) is 0 Å². The molecule has 0 aliphatic carbocycles. The Hall–Kier alpha value is -2.09. The van der Waals surface area contributed by atoms with Gasteiger partial charge in [-0.25, -0.2) is 4.68 Å². The van der Waals surface area contributed by atoms with E-state index in [2.05, 4.69) is 70.3 Å². The second-order valence-electron chi connectivity index (χ2n) is 6.88. The summed E-state index contributed by atoms with van der Waals surface area (Å²) < 4.78 is 1.98. The number of hydrogen-bond donors (Lipinski definition) is 2. The zero-order chi connectivity index (χ0) is 17.8. The van der Waals surface area contributed by atoms with Gasteiger partial charge in [-0.05, 0) is 28.8 Å². The first-order valence-corrected chi connectivity index (χ1v) is 10.2. The molecule has 1 aliphatic heterocycles. The smallest absolute Gasteiger partial charge is 0.214 e. The van der Waals surface area contributed by atoms with Gasteiger partial charge in [0.25, 0.3) is 0 Å². The summed E-state index contributed by atoms with van der Waals surface area (Å²) in [4.78, 5) is 4.54. The monoisotopic (exact) mass is 370 g/mol. The number of nitrogens with zero attached hydrogens (tertiary/aromatic N) is 4. The van der Waals surface area contributed by atoms with Crippen LogP contribution < -0.4 is 9.80 Å². The highest BCUT2D eigenvalue weighted by Gasteiger charge is 2.35. The van der Waals surface area contributed by atoms with Crippen molar-refractivity contribution in [3.8, 4) is 0 Å². The maximum atomic E-state index is 4.47. The third-order valence-corrected chi connectivity index (χ3v) is 6.21. The molecule has 2 aromatic heterocycles. The van der Waals surface area contributed by atoms with Crippen LogP contribution >= 0.6 is 11.3 Å². The molecule has 0 radical (unpaired) electrons. The van der Waals surface area contributed by atoms with Crippen LogP contribution in [0.5, 0.6) is 0 Å². The zero-order valence-electron chi connectivity index (χ0n) is 15.1. The molecule has 0 amide bonds. The molecule has 1 atom stereocenters. The number of rotatable bonds is 6. The fourth-order valence-electron chi connectivity index (χ4n) is 3.86. The molecular formula is C19H26N6S+2. The highest BCUT2D eigenvalue weighted by molar-refractivity contribution is 7.09. The first-order valence-electron chi connectivity index (χ1n) is 9.36. The van der Waals surface area contributed by atoms with Crippen LogP contribution in [-0.2, 0) is 6.54 Å². The minimum Gasteiger partial charge on any atom is -0.326 e. The van der Waals surface area contributed by atoms with Gasteiger partial charge in [-0.15, -0.1) is 16.4 Å². The van der Waals surface area contributed by atoms with E-state index in [0.29, 0.717) is 0 Å². The first-order chi connectivity index (χ1) is 12.8. The van der Waals surface area contributed by atoms with Crippen LogP contribution in [0.3, 0.4) is 0 Å². The summed E-state index contributed by atoms with van der Waals surface area (Å²) in [6, 6.07) is 15.1. The number of piperazine rings is 1. The molecule has 3 aromatic rings. The Labute approximate surface area is 158 Å². The zero-order valence-corrected chi connectivity index (χ0v) is 16.0. The van der Waals surface area contributed by atoms with Crippen molar-refractivity contribution in [2.45, 2.75) is 19.5 Å². The fraction of sp³-hybridized carbons (Fsp3) is 0.421. The highest BCUT2D eigenvalue weighted by Crippen LogP contribution is 2.18. The molecule has 0 bridgehead atoms. The molecule has 1 aromatic carbocycles. The SMILES string of the molecule is CC[NH+]1CC[NH+]([C@@H](c2ccccc2)c2nnnn2Cc2cccs2)CC1. The molecule has 6 nitrogen and oxygen atoms in total. The van der Waals surface area contributed by atoms with Crippen molar-refractivity contribution >= 4 is 11.3 Å². The van der Waals surface area contributed by atoms with Crippen LogP contribution in [0.4, 0.5) is 0 Å². The Morgan fingerprint density at radius 2 is 1.88 bits per heavy atom. The maximum Gasteiger partial charge on any atom is 0.214 e. The molecule has 26 heavy (non-hydrogen) atoms. The van der Waals surface area contributed by atoms with E-state index < -0.39 is 0 Å². The van der Waals surface area contributed by atoms with Crippen molar-refractivity contribution in [2.75, 3.05) is 32.7 Å². The quantitative estimate of drug-likeness (QED) is 0.625. The van der Waals surface area contributed by atoms with Crippen LogP contribution in [0.2, 0.25) is 0 Å². The van der Waals surface area contributed by atoms with Crippen LogP contribution in [0.1, 0.15) is 29.2 Å². The van der Waals surface area contributed by atoms with Crippen molar-refractivity contribution in [1.29, 1.82) is 0 Å². The Morgan fingerprint density at radius 1 is 1.08 bits per heavy atom. The molecule has 3 heterocycles. The van der Waals surface area contributed by atoms with E-state index >= 15 is 0 Å². The number of nitrogens with one attached hydrogen (secondary N) is 2. The van der Waals surface area contributed by atoms with Gasteiger partial charge in [0, 0.05) is 10.4 Å². The van der Waals surface area contributed by atoms with E-state index in [9.17, 15) is 0 Å². The summed E-state index contributed by atoms with van der Waals surface area (Å²) in [5.74, 6) is 0.972. The Bertz CT molecular complexity index is 793. The molecule has 1 fully saturated rings. The summed E-state index contributed by atoms with van der Waals surface area (Å²) in [6.07, 6.45) is 0. The van der Waals surface area contributed by atoms with E-state index in [-0.39, 0.29) is 6.04 Å². The predicted molar refractivity (Wildman–Crippen MR) is 101 cm³/mol. The van der Waals surface area contributed by atoms with Crippen molar-refractivity contribution in [2.24, 2.45) is 0 Å². The summed E-state index contributed by atoms with van der Waals surface area (Å²) in [7, 11) is 0. The summed E-state index contributed by atoms with van der Waals surface area (Å²) in [5, 5.41) is 14.9. The van der Waals surface area contributed by atoms with Crippen LogP contribution in [0, 0.1) is 0 Å². The van der Waals surface area contributed by atoms with Crippen molar-refractivity contribution < 1.29 is 9.80 Å². The van der Waals surface area contributed by atoms with Crippen LogP contribution in [0.15, 0.2) is 47.8 Å². The van der Waals surface area contributed by atoms with Crippen molar-refractivity contribution in [3.63, 3.8) is 0 Å². The van der Waals surface area contributed by atoms with Gasteiger partial charge in [0.1, 0.15) is 26.2 Å². The molecule has 0 spiro atoms. The second kappa shape index (κ2) is 8.07. The van der Waals surface area contributed by atoms with Crippen LogP contribution in [-0.4, -0.2) is 52.9 Å². The molecule has 0 saturated carbocycles. The minimum absolute atomic E-state index is 0.185. The lowest BCUT2D eigenvalue weighted by molar-refractivity contribution is -1.02. The average Bonchev–Trinajstić information content (AvgIpc) is 3.37. The number of aromatic nitrogens is 4. The minimum atomic E-state index is 0.185. The summed E-state index contributed by atoms with van der Waals surface area (Å²) in [6.45, 7) is 8.94. The van der Waals surface area contributed by atoms with Gasteiger partial charge in [0.2, 0.25) is 5.82 Å². The van der Waals surface area contributed by atoms with E-state index in [1.165, 1.54) is 30.1 Å². The molecule has 0 unspecified atom stereocenters. The third kappa shape index (κ3) is 3.70. The topological polar surface area (TPSA) is 52.5 Å². The van der Waals surface area contributed by atoms with Crippen molar-refractivity contribution in [3.05, 3.63) is 64.1 Å². The average molecular weight is 371 g/mol. The van der Waals surface area contributed by atoms with Gasteiger partial charge < -0.3 is 9.80 Å². The maximum absolute atomic E-state index is 4.47. The predicted octanol–water partition coefficient (Wildman–Crippen LogP) is -0.324. The van der Waals surface area contributed by atoms with E-state index in [4.69, 9.17) is 0 Å². The summed E-state index contributed by atoms with van der Waals surface area (Å²) in [5.41, 5.74) is 1.30. The Balaban J connectivity index is 1.65. The largest absolute Gasteiger partial charge is 0.326 e. The van der Waals surface area contributed by atoms with Crippen LogP contribution in [0.25, 0.3) is 0 Å². The fourth-order valence-corrected chi connectivity index (χ4v) is 4.55. The third-order valence-electron chi connectivity index (χ3n) is 5.34. The van der Waals surface area contributed by atoms with E-state index in [0.717, 1.165) is 25.5 Å². The standard InChI is InChI=1S/C19H24N6S/c1-2-23-10-12-24(13-11-23)18(16-7-4-3-5-8-16)19-20-21-22-25(19)15-17-9-6-14-26-17/h3-9,14,18H,2,10-13,15H2,1H3/p+2/t18-/m0/s1. The summed E-state index contributed by atoms with van der Waals surface area (Å²) >= 11 is 1.75. The molecule has 2 N–H and O–H groups in total.